The van der Waals surface area contributed by atoms with E-state index in [4.69, 9.17) is 9.47 Å². The molecule has 0 atom stereocenters. The Labute approximate surface area is 226 Å². The van der Waals surface area contributed by atoms with E-state index in [0.717, 1.165) is 24.8 Å². The van der Waals surface area contributed by atoms with Gasteiger partial charge in [0.2, 0.25) is 11.7 Å². The lowest BCUT2D eigenvalue weighted by atomic mass is 9.98. The molecule has 0 amide bonds. The van der Waals surface area contributed by atoms with Gasteiger partial charge >= 0.3 is 0 Å². The maximum Gasteiger partial charge on any atom is 0.213 e. The Balaban J connectivity index is 1.42. The highest BCUT2D eigenvalue weighted by molar-refractivity contribution is 5.66. The zero-order chi connectivity index (χ0) is 27.8. The molecule has 1 aromatic heterocycles. The van der Waals surface area contributed by atoms with E-state index >= 15 is 0 Å². The van der Waals surface area contributed by atoms with Crippen LogP contribution in [0.1, 0.15) is 44.2 Å². The zero-order valence-corrected chi connectivity index (χ0v) is 22.1. The monoisotopic (exact) mass is 537 g/mol. The number of aromatic nitrogens is 1. The first-order valence-corrected chi connectivity index (χ1v) is 13.2. The molecule has 0 spiro atoms. The van der Waals surface area contributed by atoms with E-state index in [-0.39, 0.29) is 28.9 Å². The van der Waals surface area contributed by atoms with Crippen molar-refractivity contribution in [2.45, 2.75) is 46.0 Å². The van der Waals surface area contributed by atoms with Crippen LogP contribution in [-0.2, 0) is 12.8 Å². The molecular weight excluding hydrogens is 506 g/mol. The van der Waals surface area contributed by atoms with Crippen molar-refractivity contribution in [1.82, 2.24) is 4.98 Å². The number of hydrogen-bond donors (Lipinski definition) is 0. The highest BCUT2D eigenvalue weighted by atomic mass is 19.2. The highest BCUT2D eigenvalue weighted by Gasteiger charge is 2.17. The number of benzene rings is 3. The van der Waals surface area contributed by atoms with Gasteiger partial charge in [0.25, 0.3) is 0 Å². The molecule has 3 aromatic carbocycles. The van der Waals surface area contributed by atoms with Crippen LogP contribution in [0.15, 0.2) is 66.9 Å². The van der Waals surface area contributed by atoms with Crippen LogP contribution in [-0.4, -0.2) is 18.2 Å². The van der Waals surface area contributed by atoms with Crippen LogP contribution in [0.3, 0.4) is 0 Å². The van der Waals surface area contributed by atoms with Crippen molar-refractivity contribution in [3.8, 4) is 33.9 Å². The summed E-state index contributed by atoms with van der Waals surface area (Å²) in [4.78, 5) is 4.16. The van der Waals surface area contributed by atoms with Crippen molar-refractivity contribution in [2.24, 2.45) is 0 Å². The lowest BCUT2D eigenvalue weighted by Crippen LogP contribution is -2.01. The standard InChI is InChI=1S/C32H31F4NO2/c1-3-5-19-38-27-16-15-25(31(35)32(27)36)22-9-6-21(7-10-22)8-11-23-12-14-26(30(34)29(23)33)24-13-17-28(37-20-24)39-18-4-2/h6-7,9-10,12-17,20H,3-5,8,11,18-19H2,1-2H3. The number of unbranched alkanes of at least 4 members (excludes halogenated alkanes) is 1. The molecule has 0 bridgehead atoms. The van der Waals surface area contributed by atoms with Gasteiger partial charge in [-0.1, -0.05) is 56.7 Å². The van der Waals surface area contributed by atoms with Gasteiger partial charge < -0.3 is 9.47 Å². The minimum absolute atomic E-state index is 0.101. The van der Waals surface area contributed by atoms with Crippen LogP contribution in [0, 0.1) is 23.3 Å². The van der Waals surface area contributed by atoms with E-state index in [2.05, 4.69) is 4.98 Å². The van der Waals surface area contributed by atoms with Crippen molar-refractivity contribution in [2.75, 3.05) is 13.2 Å². The Hall–Kier alpha value is -3.87. The van der Waals surface area contributed by atoms with E-state index in [9.17, 15) is 17.6 Å². The number of ether oxygens (including phenoxy) is 2. The van der Waals surface area contributed by atoms with Crippen molar-refractivity contribution < 1.29 is 27.0 Å². The van der Waals surface area contributed by atoms with Gasteiger partial charge in [0.1, 0.15) is 0 Å². The van der Waals surface area contributed by atoms with Crippen LogP contribution >= 0.6 is 0 Å². The third-order valence-electron chi connectivity index (χ3n) is 6.41. The predicted octanol–water partition coefficient (Wildman–Crippen LogP) is 8.72. The van der Waals surface area contributed by atoms with Gasteiger partial charge in [0, 0.05) is 29.0 Å². The average Bonchev–Trinajstić information content (AvgIpc) is 2.96. The molecule has 4 aromatic rings. The van der Waals surface area contributed by atoms with Gasteiger partial charge in [-0.25, -0.2) is 18.2 Å². The molecule has 1 heterocycles. The number of aryl methyl sites for hydroxylation is 2. The lowest BCUT2D eigenvalue weighted by Gasteiger charge is -2.11. The summed E-state index contributed by atoms with van der Waals surface area (Å²) in [5.41, 5.74) is 2.34. The minimum atomic E-state index is -1.01. The highest BCUT2D eigenvalue weighted by Crippen LogP contribution is 2.31. The summed E-state index contributed by atoms with van der Waals surface area (Å²) in [6, 6.07) is 16.3. The summed E-state index contributed by atoms with van der Waals surface area (Å²) in [6.07, 6.45) is 4.68. The smallest absolute Gasteiger partial charge is 0.213 e. The summed E-state index contributed by atoms with van der Waals surface area (Å²) in [7, 11) is 0. The third kappa shape index (κ3) is 6.77. The normalized spacial score (nSPS) is 11.0. The second kappa shape index (κ2) is 13.3. The zero-order valence-electron chi connectivity index (χ0n) is 22.1. The van der Waals surface area contributed by atoms with Crippen LogP contribution in [0.4, 0.5) is 17.6 Å². The first kappa shape index (κ1) is 28.1. The van der Waals surface area contributed by atoms with Crippen LogP contribution in [0.2, 0.25) is 0 Å². The first-order chi connectivity index (χ1) is 18.9. The Bertz CT molecular complexity index is 1390. The molecule has 4 rings (SSSR count). The van der Waals surface area contributed by atoms with E-state index in [1.54, 1.807) is 48.5 Å². The third-order valence-corrected chi connectivity index (χ3v) is 6.41. The van der Waals surface area contributed by atoms with Crippen molar-refractivity contribution in [3.05, 3.63) is 101 Å². The fourth-order valence-corrected chi connectivity index (χ4v) is 4.16. The first-order valence-electron chi connectivity index (χ1n) is 13.2. The maximum absolute atomic E-state index is 14.9. The Morgan fingerprint density at radius 1 is 0.615 bits per heavy atom. The molecule has 0 saturated heterocycles. The van der Waals surface area contributed by atoms with Gasteiger partial charge in [-0.3, -0.25) is 0 Å². The number of halogens is 4. The van der Waals surface area contributed by atoms with Gasteiger partial charge in [0.15, 0.2) is 23.2 Å². The van der Waals surface area contributed by atoms with Gasteiger partial charge in [-0.05, 0) is 60.6 Å². The molecular formula is C32H31F4NO2. The summed E-state index contributed by atoms with van der Waals surface area (Å²) < 4.78 is 69.7. The second-order valence-electron chi connectivity index (χ2n) is 9.27. The molecule has 204 valence electrons. The Morgan fingerprint density at radius 3 is 2.00 bits per heavy atom. The summed E-state index contributed by atoms with van der Waals surface area (Å²) in [5.74, 6) is -3.46. The van der Waals surface area contributed by atoms with E-state index in [1.165, 1.54) is 18.3 Å². The summed E-state index contributed by atoms with van der Waals surface area (Å²) in [6.45, 7) is 4.83. The van der Waals surface area contributed by atoms with Crippen molar-refractivity contribution >= 4 is 0 Å². The fourth-order valence-electron chi connectivity index (χ4n) is 4.16. The molecule has 0 N–H and O–H groups in total. The van der Waals surface area contributed by atoms with E-state index in [1.807, 2.05) is 13.8 Å². The van der Waals surface area contributed by atoms with Gasteiger partial charge in [-0.15, -0.1) is 0 Å². The van der Waals surface area contributed by atoms with Crippen molar-refractivity contribution in [3.63, 3.8) is 0 Å². The average molecular weight is 538 g/mol. The largest absolute Gasteiger partial charge is 0.490 e. The summed E-state index contributed by atoms with van der Waals surface area (Å²) >= 11 is 0. The van der Waals surface area contributed by atoms with Crippen LogP contribution in [0.25, 0.3) is 22.3 Å². The number of rotatable bonds is 12. The Morgan fingerprint density at radius 2 is 1.31 bits per heavy atom. The lowest BCUT2D eigenvalue weighted by molar-refractivity contribution is 0.289. The molecule has 3 nitrogen and oxygen atoms in total. The fraction of sp³-hybridized carbons (Fsp3) is 0.281. The number of nitrogens with zero attached hydrogens (tertiary/aromatic N) is 1. The van der Waals surface area contributed by atoms with Gasteiger partial charge in [0.05, 0.1) is 13.2 Å². The predicted molar refractivity (Wildman–Crippen MR) is 145 cm³/mol. The minimum Gasteiger partial charge on any atom is -0.490 e. The maximum atomic E-state index is 14.9. The topological polar surface area (TPSA) is 31.4 Å². The molecule has 0 aliphatic heterocycles. The second-order valence-corrected chi connectivity index (χ2v) is 9.27. The quantitative estimate of drug-likeness (QED) is 0.134. The molecule has 0 aliphatic rings. The molecule has 0 saturated carbocycles. The van der Waals surface area contributed by atoms with Gasteiger partial charge in [-0.2, -0.15) is 4.39 Å². The SMILES string of the molecule is CCCCOc1ccc(-c2ccc(CCc3ccc(-c4ccc(OCCC)nc4)c(F)c3F)cc2)c(F)c1F. The molecule has 0 fully saturated rings. The number of hydrogen-bond acceptors (Lipinski definition) is 3. The van der Waals surface area contributed by atoms with Crippen LogP contribution < -0.4 is 9.47 Å². The molecule has 0 unspecified atom stereocenters. The molecule has 39 heavy (non-hydrogen) atoms. The van der Waals surface area contributed by atoms with Crippen LogP contribution in [0.5, 0.6) is 11.6 Å². The molecule has 0 aliphatic carbocycles. The number of pyridine rings is 1. The Kier molecular flexibility index (Phi) is 9.58. The van der Waals surface area contributed by atoms with E-state index < -0.39 is 23.3 Å². The van der Waals surface area contributed by atoms with Crippen molar-refractivity contribution in [1.29, 1.82) is 0 Å². The molecule has 0 radical (unpaired) electrons. The summed E-state index contributed by atoms with van der Waals surface area (Å²) in [5, 5.41) is 0. The van der Waals surface area contributed by atoms with E-state index in [0.29, 0.717) is 36.6 Å². The molecule has 7 heteroatoms.